The van der Waals surface area contributed by atoms with Gasteiger partial charge in [0.25, 0.3) is 11.6 Å². The van der Waals surface area contributed by atoms with E-state index in [1.807, 2.05) is 0 Å². The van der Waals surface area contributed by atoms with Crippen LogP contribution in [0.25, 0.3) is 12.2 Å². The van der Waals surface area contributed by atoms with Gasteiger partial charge in [0, 0.05) is 17.7 Å². The number of amides is 1. The Bertz CT molecular complexity index is 1140. The highest BCUT2D eigenvalue weighted by Gasteiger charge is 2.33. The summed E-state index contributed by atoms with van der Waals surface area (Å²) in [6, 6.07) is 12.3. The molecule has 0 radical (unpaired) electrons. The average Bonchev–Trinajstić information content (AvgIpc) is 3.00. The van der Waals surface area contributed by atoms with Crippen LogP contribution in [0.5, 0.6) is 0 Å². The number of aliphatic carboxylic acids is 1. The summed E-state index contributed by atoms with van der Waals surface area (Å²) in [6.07, 6.45) is 4.60. The van der Waals surface area contributed by atoms with Crippen LogP contribution >= 0.6 is 24.0 Å². The molecule has 2 aromatic rings. The van der Waals surface area contributed by atoms with Crippen LogP contribution in [0.15, 0.2) is 59.5 Å². The summed E-state index contributed by atoms with van der Waals surface area (Å²) in [5.41, 5.74) is 1.71. The number of ketones is 1. The normalized spacial score (nSPS) is 15.1. The second-order valence-electron chi connectivity index (χ2n) is 6.33. The van der Waals surface area contributed by atoms with Crippen LogP contribution in [-0.2, 0) is 9.59 Å². The van der Waals surface area contributed by atoms with E-state index in [0.717, 1.165) is 27.8 Å². The minimum absolute atomic E-state index is 0.0870. The van der Waals surface area contributed by atoms with E-state index in [9.17, 15) is 24.5 Å². The molecule has 1 aliphatic heterocycles. The molecule has 0 saturated carbocycles. The third kappa shape index (κ3) is 5.50. The number of hydrogen-bond donors (Lipinski definition) is 1. The van der Waals surface area contributed by atoms with Gasteiger partial charge in [-0.2, -0.15) is 0 Å². The Kier molecular flexibility index (Phi) is 6.73. The molecule has 8 nitrogen and oxygen atoms in total. The Morgan fingerprint density at radius 2 is 1.71 bits per heavy atom. The van der Waals surface area contributed by atoms with Gasteiger partial charge in [-0.1, -0.05) is 54.3 Å². The maximum Gasteiger partial charge on any atom is 0.323 e. The van der Waals surface area contributed by atoms with Crippen molar-refractivity contribution in [2.45, 2.75) is 0 Å². The first-order valence-corrected chi connectivity index (χ1v) is 10.0. The van der Waals surface area contributed by atoms with E-state index >= 15 is 0 Å². The topological polar surface area (TPSA) is 118 Å². The Hall–Kier alpha value is -3.63. The van der Waals surface area contributed by atoms with Crippen LogP contribution in [0.2, 0.25) is 0 Å². The fraction of sp³-hybridized carbons (Fsp3) is 0.0476. The maximum atomic E-state index is 12.3. The van der Waals surface area contributed by atoms with Crippen LogP contribution in [0, 0.1) is 10.1 Å². The molecule has 31 heavy (non-hydrogen) atoms. The zero-order valence-corrected chi connectivity index (χ0v) is 17.4. The molecule has 3 rings (SSSR count). The zero-order valence-electron chi connectivity index (χ0n) is 15.8. The summed E-state index contributed by atoms with van der Waals surface area (Å²) in [4.78, 5) is 46.9. The number of benzene rings is 2. The summed E-state index contributed by atoms with van der Waals surface area (Å²) in [5, 5.41) is 19.5. The smallest absolute Gasteiger partial charge is 0.323 e. The predicted molar refractivity (Wildman–Crippen MR) is 120 cm³/mol. The number of carbonyl (C=O) groups is 3. The van der Waals surface area contributed by atoms with Crippen molar-refractivity contribution in [3.05, 3.63) is 86.3 Å². The number of carbonyl (C=O) groups excluding carboxylic acids is 2. The standard InChI is InChI=1S/C21H14N2O6S2/c24-17(15-6-8-16(9-7-15)23(28)29)10-5-13-1-3-14(4-2-13)11-18-20(27)22(12-19(25)26)21(30)31-18/h1-11H,12H2,(H,25,26)/b10-5+,18-11+. The van der Waals surface area contributed by atoms with Crippen molar-refractivity contribution >= 4 is 63.8 Å². The van der Waals surface area contributed by atoms with E-state index in [-0.39, 0.29) is 15.8 Å². The van der Waals surface area contributed by atoms with E-state index in [0.29, 0.717) is 10.5 Å². The molecule has 1 heterocycles. The fourth-order valence-corrected chi connectivity index (χ4v) is 3.90. The van der Waals surface area contributed by atoms with Gasteiger partial charge in [-0.25, -0.2) is 0 Å². The molecule has 0 unspecified atom stereocenters. The summed E-state index contributed by atoms with van der Waals surface area (Å²) in [5.74, 6) is -1.88. The molecular weight excluding hydrogens is 440 g/mol. The Morgan fingerprint density at radius 1 is 1.10 bits per heavy atom. The molecule has 1 amide bonds. The number of nitro benzene ring substituents is 1. The summed E-state index contributed by atoms with van der Waals surface area (Å²) in [6.45, 7) is -0.478. The van der Waals surface area contributed by atoms with Gasteiger partial charge in [0.15, 0.2) is 5.78 Å². The first-order chi connectivity index (χ1) is 14.7. The summed E-state index contributed by atoms with van der Waals surface area (Å²) < 4.78 is 0.197. The number of carboxylic acids is 1. The first-order valence-electron chi connectivity index (χ1n) is 8.78. The van der Waals surface area contributed by atoms with Gasteiger partial charge < -0.3 is 5.11 Å². The van der Waals surface area contributed by atoms with E-state index in [2.05, 4.69) is 0 Å². The van der Waals surface area contributed by atoms with Gasteiger partial charge in [0.1, 0.15) is 10.9 Å². The largest absolute Gasteiger partial charge is 0.480 e. The highest BCUT2D eigenvalue weighted by molar-refractivity contribution is 8.26. The molecule has 10 heteroatoms. The van der Waals surface area contributed by atoms with Crippen LogP contribution in [-0.4, -0.2) is 43.5 Å². The van der Waals surface area contributed by atoms with Crippen molar-refractivity contribution in [1.82, 2.24) is 4.90 Å². The van der Waals surface area contributed by atoms with Crippen LogP contribution in [0.1, 0.15) is 21.5 Å². The number of hydrogen-bond acceptors (Lipinski definition) is 7. The van der Waals surface area contributed by atoms with Gasteiger partial charge in [0.2, 0.25) is 0 Å². The van der Waals surface area contributed by atoms with Gasteiger partial charge >= 0.3 is 5.97 Å². The molecule has 1 saturated heterocycles. The van der Waals surface area contributed by atoms with Gasteiger partial charge in [-0.3, -0.25) is 29.4 Å². The summed E-state index contributed by atoms with van der Waals surface area (Å²) >= 11 is 6.10. The van der Waals surface area contributed by atoms with Crippen LogP contribution < -0.4 is 0 Å². The van der Waals surface area contributed by atoms with Crippen molar-refractivity contribution in [2.75, 3.05) is 6.54 Å². The number of allylic oxidation sites excluding steroid dienone is 1. The number of nitro groups is 1. The lowest BCUT2D eigenvalue weighted by Crippen LogP contribution is -2.33. The molecule has 0 bridgehead atoms. The molecular formula is C21H14N2O6S2. The fourth-order valence-electron chi connectivity index (χ4n) is 2.64. The molecule has 0 aromatic heterocycles. The maximum absolute atomic E-state index is 12.3. The van der Waals surface area contributed by atoms with Crippen molar-refractivity contribution in [1.29, 1.82) is 0 Å². The third-order valence-corrected chi connectivity index (χ3v) is 5.57. The zero-order chi connectivity index (χ0) is 22.5. The number of nitrogens with zero attached hydrogens (tertiary/aromatic N) is 2. The highest BCUT2D eigenvalue weighted by atomic mass is 32.2. The van der Waals surface area contributed by atoms with Crippen molar-refractivity contribution in [3.63, 3.8) is 0 Å². The molecule has 0 aliphatic carbocycles. The minimum Gasteiger partial charge on any atom is -0.480 e. The Morgan fingerprint density at radius 3 is 2.29 bits per heavy atom. The predicted octanol–water partition coefficient (Wildman–Crippen LogP) is 3.78. The quantitative estimate of drug-likeness (QED) is 0.221. The lowest BCUT2D eigenvalue weighted by molar-refractivity contribution is -0.384. The van der Waals surface area contributed by atoms with Crippen LogP contribution in [0.4, 0.5) is 5.69 Å². The number of rotatable bonds is 7. The van der Waals surface area contributed by atoms with E-state index in [1.165, 1.54) is 30.3 Å². The molecule has 0 atom stereocenters. The molecule has 1 N–H and O–H groups in total. The monoisotopic (exact) mass is 454 g/mol. The minimum atomic E-state index is -1.14. The van der Waals surface area contributed by atoms with Crippen molar-refractivity contribution in [2.24, 2.45) is 0 Å². The van der Waals surface area contributed by atoms with Gasteiger partial charge in [-0.15, -0.1) is 0 Å². The second-order valence-corrected chi connectivity index (χ2v) is 8.01. The van der Waals surface area contributed by atoms with E-state index in [4.69, 9.17) is 17.3 Å². The summed E-state index contributed by atoms with van der Waals surface area (Å²) in [7, 11) is 0. The second kappa shape index (κ2) is 9.45. The third-order valence-electron chi connectivity index (χ3n) is 4.19. The Labute approximate surface area is 186 Å². The Balaban J connectivity index is 1.67. The molecule has 0 spiro atoms. The van der Waals surface area contributed by atoms with E-state index < -0.39 is 23.3 Å². The number of thioether (sulfide) groups is 1. The SMILES string of the molecule is O=C(O)CN1C(=O)/C(=C\c2ccc(/C=C/C(=O)c3ccc([N+](=O)[O-])cc3)cc2)SC1=S. The molecule has 156 valence electrons. The van der Waals surface area contributed by atoms with E-state index in [1.54, 1.807) is 36.4 Å². The lowest BCUT2D eigenvalue weighted by Gasteiger charge is -2.10. The average molecular weight is 454 g/mol. The number of carboxylic acid groups (broad SMARTS) is 1. The first kappa shape index (κ1) is 22.1. The highest BCUT2D eigenvalue weighted by Crippen LogP contribution is 2.32. The van der Waals surface area contributed by atoms with Crippen molar-refractivity contribution < 1.29 is 24.4 Å². The number of thiocarbonyl (C=S) groups is 1. The molecule has 1 aliphatic rings. The van der Waals surface area contributed by atoms with Crippen molar-refractivity contribution in [3.8, 4) is 0 Å². The van der Waals surface area contributed by atoms with Crippen LogP contribution in [0.3, 0.4) is 0 Å². The molecule has 2 aromatic carbocycles. The van der Waals surface area contributed by atoms with Gasteiger partial charge in [-0.05, 0) is 35.4 Å². The lowest BCUT2D eigenvalue weighted by atomic mass is 10.1. The molecule has 1 fully saturated rings. The van der Waals surface area contributed by atoms with Gasteiger partial charge in [0.05, 0.1) is 9.83 Å². The number of non-ortho nitro benzene ring substituents is 1.